The minimum Gasteiger partial charge on any atom is -0.369 e. The summed E-state index contributed by atoms with van der Waals surface area (Å²) in [7, 11) is 0. The lowest BCUT2D eigenvalue weighted by atomic mass is 9.94. The second kappa shape index (κ2) is 11.1. The molecule has 0 bridgehead atoms. The molecule has 1 aliphatic rings. The van der Waals surface area contributed by atoms with Gasteiger partial charge >= 0.3 is 0 Å². The monoisotopic (exact) mass is 464 g/mol. The van der Waals surface area contributed by atoms with Crippen LogP contribution in [0.2, 0.25) is 0 Å². The molecule has 0 amide bonds. The molecular formula is C30H32N4O. The number of hydrogen-bond acceptors (Lipinski definition) is 5. The second-order valence-electron chi connectivity index (χ2n) is 9.09. The van der Waals surface area contributed by atoms with Gasteiger partial charge in [-0.05, 0) is 67.5 Å². The van der Waals surface area contributed by atoms with E-state index in [0.29, 0.717) is 18.5 Å². The number of hydrogen-bond donors (Lipinski definition) is 1. The SMILES string of the molecule is CCCCC1=C(Cc2ccc(-c3ccccc3C#N)cc2)C(O)N(Cc2ccc(C)cn2)C(C)=N1. The Morgan fingerprint density at radius 1 is 1.03 bits per heavy atom. The zero-order chi connectivity index (χ0) is 24.8. The standard InChI is InChI=1S/C30H32N4O/c1-4-5-10-29-28(30(35)34(22(3)33-29)20-26-16-11-21(2)19-32-26)17-23-12-14-24(15-13-23)27-9-7-6-8-25(27)18-31/h6-9,11-16,19,30,35H,4-5,10,17,20H2,1-3H3. The van der Waals surface area contributed by atoms with Crippen LogP contribution in [0.3, 0.4) is 0 Å². The number of aliphatic hydroxyl groups is 1. The Morgan fingerprint density at radius 3 is 2.49 bits per heavy atom. The first-order valence-electron chi connectivity index (χ1n) is 12.2. The molecule has 35 heavy (non-hydrogen) atoms. The number of aliphatic imine (C=N–C) groups is 1. The fraction of sp³-hybridized carbons (Fsp3) is 0.300. The van der Waals surface area contributed by atoms with E-state index in [-0.39, 0.29) is 0 Å². The highest BCUT2D eigenvalue weighted by Gasteiger charge is 2.29. The van der Waals surface area contributed by atoms with Crippen LogP contribution >= 0.6 is 0 Å². The predicted molar refractivity (Wildman–Crippen MR) is 140 cm³/mol. The Labute approximate surface area is 208 Å². The Morgan fingerprint density at radius 2 is 1.80 bits per heavy atom. The number of nitrogens with zero attached hydrogens (tertiary/aromatic N) is 4. The molecular weight excluding hydrogens is 432 g/mol. The third-order valence-corrected chi connectivity index (χ3v) is 6.47. The van der Waals surface area contributed by atoms with Gasteiger partial charge < -0.3 is 10.0 Å². The number of amidine groups is 1. The first-order valence-corrected chi connectivity index (χ1v) is 12.2. The van der Waals surface area contributed by atoms with Crippen molar-refractivity contribution in [1.29, 1.82) is 5.26 Å². The zero-order valence-electron chi connectivity index (χ0n) is 20.7. The smallest absolute Gasteiger partial charge is 0.152 e. The van der Waals surface area contributed by atoms with Crippen molar-refractivity contribution in [1.82, 2.24) is 9.88 Å². The van der Waals surface area contributed by atoms with Crippen LogP contribution in [-0.4, -0.2) is 27.1 Å². The van der Waals surface area contributed by atoms with Crippen LogP contribution in [0.15, 0.2) is 83.1 Å². The van der Waals surface area contributed by atoms with Gasteiger partial charge in [-0.2, -0.15) is 5.26 Å². The molecule has 4 rings (SSSR count). The first-order chi connectivity index (χ1) is 17.0. The van der Waals surface area contributed by atoms with Crippen molar-refractivity contribution in [2.75, 3.05) is 0 Å². The third kappa shape index (κ3) is 5.67. The molecule has 2 heterocycles. The summed E-state index contributed by atoms with van der Waals surface area (Å²) in [6, 6.07) is 22.2. The number of aliphatic hydroxyl groups excluding tert-OH is 1. The summed E-state index contributed by atoms with van der Waals surface area (Å²) in [4.78, 5) is 11.4. The summed E-state index contributed by atoms with van der Waals surface area (Å²) in [5.41, 5.74) is 7.66. The van der Waals surface area contributed by atoms with E-state index in [1.54, 1.807) is 0 Å². The number of aryl methyl sites for hydroxylation is 1. The minimum absolute atomic E-state index is 0.505. The van der Waals surface area contributed by atoms with Gasteiger partial charge in [0, 0.05) is 17.5 Å². The van der Waals surface area contributed by atoms with Gasteiger partial charge in [0.15, 0.2) is 6.23 Å². The predicted octanol–water partition coefficient (Wildman–Crippen LogP) is 6.17. The van der Waals surface area contributed by atoms with E-state index in [2.05, 4.69) is 42.2 Å². The number of pyridine rings is 1. The molecule has 1 aliphatic heterocycles. The number of aromatic nitrogens is 1. The fourth-order valence-corrected chi connectivity index (χ4v) is 4.42. The Kier molecular flexibility index (Phi) is 7.74. The molecule has 1 aromatic heterocycles. The summed E-state index contributed by atoms with van der Waals surface area (Å²) in [6.07, 6.45) is 4.69. The van der Waals surface area contributed by atoms with Crippen LogP contribution < -0.4 is 0 Å². The summed E-state index contributed by atoms with van der Waals surface area (Å²) in [6.45, 7) is 6.65. The van der Waals surface area contributed by atoms with Crippen molar-refractivity contribution < 1.29 is 5.11 Å². The number of nitriles is 1. The Hall–Kier alpha value is -3.75. The molecule has 1 N–H and O–H groups in total. The van der Waals surface area contributed by atoms with Crippen molar-refractivity contribution in [3.8, 4) is 17.2 Å². The van der Waals surface area contributed by atoms with Crippen LogP contribution in [0, 0.1) is 18.3 Å². The minimum atomic E-state index is -0.749. The molecule has 2 aromatic carbocycles. The van der Waals surface area contributed by atoms with Crippen LogP contribution in [-0.2, 0) is 13.0 Å². The van der Waals surface area contributed by atoms with Gasteiger partial charge in [0.05, 0.1) is 23.9 Å². The van der Waals surface area contributed by atoms with Crippen molar-refractivity contribution in [3.05, 3.63) is 101 Å². The lowest BCUT2D eigenvalue weighted by Gasteiger charge is -2.35. The molecule has 5 heteroatoms. The average molecular weight is 465 g/mol. The van der Waals surface area contributed by atoms with Gasteiger partial charge in [0.1, 0.15) is 5.84 Å². The lowest BCUT2D eigenvalue weighted by Crippen LogP contribution is -2.43. The van der Waals surface area contributed by atoms with E-state index in [0.717, 1.165) is 64.3 Å². The van der Waals surface area contributed by atoms with Gasteiger partial charge in [0.25, 0.3) is 0 Å². The van der Waals surface area contributed by atoms with E-state index in [1.165, 1.54) is 0 Å². The molecule has 0 spiro atoms. The van der Waals surface area contributed by atoms with Crippen molar-refractivity contribution in [2.24, 2.45) is 4.99 Å². The maximum atomic E-state index is 11.5. The van der Waals surface area contributed by atoms with Gasteiger partial charge in [-0.25, -0.2) is 4.99 Å². The van der Waals surface area contributed by atoms with E-state index in [1.807, 2.05) is 61.3 Å². The number of allylic oxidation sites excluding steroid dienone is 1. The largest absolute Gasteiger partial charge is 0.369 e. The van der Waals surface area contributed by atoms with Crippen LogP contribution in [0.25, 0.3) is 11.1 Å². The first kappa shape index (κ1) is 24.4. The molecule has 178 valence electrons. The maximum Gasteiger partial charge on any atom is 0.152 e. The molecule has 5 nitrogen and oxygen atoms in total. The molecule has 0 radical (unpaired) electrons. The molecule has 3 aromatic rings. The summed E-state index contributed by atoms with van der Waals surface area (Å²) >= 11 is 0. The maximum absolute atomic E-state index is 11.5. The number of rotatable bonds is 8. The quantitative estimate of drug-likeness (QED) is 0.433. The average Bonchev–Trinajstić information content (AvgIpc) is 2.88. The summed E-state index contributed by atoms with van der Waals surface area (Å²) in [5, 5.41) is 20.9. The molecule has 1 unspecified atom stereocenters. The molecule has 1 atom stereocenters. The number of unbranched alkanes of at least 4 members (excludes halogenated alkanes) is 1. The van der Waals surface area contributed by atoms with E-state index < -0.39 is 6.23 Å². The van der Waals surface area contributed by atoms with E-state index in [4.69, 9.17) is 4.99 Å². The second-order valence-corrected chi connectivity index (χ2v) is 9.09. The van der Waals surface area contributed by atoms with Crippen molar-refractivity contribution >= 4 is 5.84 Å². The molecule has 0 saturated heterocycles. The van der Waals surface area contributed by atoms with Crippen molar-refractivity contribution in [3.63, 3.8) is 0 Å². The van der Waals surface area contributed by atoms with Crippen LogP contribution in [0.1, 0.15) is 55.5 Å². The number of benzene rings is 2. The van der Waals surface area contributed by atoms with E-state index >= 15 is 0 Å². The Balaban J connectivity index is 1.60. The highest BCUT2D eigenvalue weighted by Crippen LogP contribution is 2.30. The normalized spacial score (nSPS) is 15.7. The van der Waals surface area contributed by atoms with Crippen LogP contribution in [0.4, 0.5) is 0 Å². The highest BCUT2D eigenvalue weighted by molar-refractivity contribution is 5.82. The molecule has 0 saturated carbocycles. The highest BCUT2D eigenvalue weighted by atomic mass is 16.3. The van der Waals surface area contributed by atoms with E-state index in [9.17, 15) is 10.4 Å². The van der Waals surface area contributed by atoms with Gasteiger partial charge in [-0.15, -0.1) is 0 Å². The van der Waals surface area contributed by atoms with Crippen molar-refractivity contribution in [2.45, 2.75) is 59.2 Å². The zero-order valence-corrected chi connectivity index (χ0v) is 20.7. The summed E-state index contributed by atoms with van der Waals surface area (Å²) in [5.74, 6) is 0.818. The molecule has 0 fully saturated rings. The van der Waals surface area contributed by atoms with Crippen LogP contribution in [0.5, 0.6) is 0 Å². The van der Waals surface area contributed by atoms with Gasteiger partial charge in [-0.1, -0.05) is 61.9 Å². The topological polar surface area (TPSA) is 72.5 Å². The summed E-state index contributed by atoms with van der Waals surface area (Å²) < 4.78 is 0. The lowest BCUT2D eigenvalue weighted by molar-refractivity contribution is 0.0728. The van der Waals surface area contributed by atoms with Gasteiger partial charge in [0.2, 0.25) is 0 Å². The Bertz CT molecular complexity index is 1270. The third-order valence-electron chi connectivity index (χ3n) is 6.47. The van der Waals surface area contributed by atoms with Gasteiger partial charge in [-0.3, -0.25) is 4.98 Å². The fourth-order valence-electron chi connectivity index (χ4n) is 4.42. The molecule has 0 aliphatic carbocycles.